The van der Waals surface area contributed by atoms with E-state index >= 15 is 0 Å². The van der Waals surface area contributed by atoms with Crippen molar-refractivity contribution in [2.45, 2.75) is 24.2 Å². The first-order valence-corrected chi connectivity index (χ1v) is 9.18. The molecule has 2 fully saturated rings. The van der Waals surface area contributed by atoms with Crippen molar-refractivity contribution >= 4 is 5.91 Å². The summed E-state index contributed by atoms with van der Waals surface area (Å²) < 4.78 is 28.3. The van der Waals surface area contributed by atoms with Crippen molar-refractivity contribution in [1.29, 1.82) is 5.26 Å². The maximum Gasteiger partial charge on any atom is 0.239 e. The van der Waals surface area contributed by atoms with Gasteiger partial charge >= 0.3 is 0 Å². The van der Waals surface area contributed by atoms with Crippen LogP contribution in [0.25, 0.3) is 11.3 Å². The van der Waals surface area contributed by atoms with Crippen LogP contribution in [0, 0.1) is 28.9 Å². The van der Waals surface area contributed by atoms with Gasteiger partial charge in [0.2, 0.25) is 5.91 Å². The minimum atomic E-state index is -0.931. The minimum absolute atomic E-state index is 0.0731. The van der Waals surface area contributed by atoms with Gasteiger partial charge in [-0.25, -0.2) is 8.78 Å². The average molecular weight is 378 g/mol. The highest BCUT2D eigenvalue weighted by Crippen LogP contribution is 2.60. The van der Waals surface area contributed by atoms with Crippen LogP contribution in [0.1, 0.15) is 30.0 Å². The molecule has 0 spiro atoms. The molecule has 0 radical (unpaired) electrons. The van der Waals surface area contributed by atoms with Crippen molar-refractivity contribution in [1.82, 2.24) is 15.1 Å². The number of rotatable bonds is 2. The fourth-order valence-corrected chi connectivity index (χ4v) is 4.82. The van der Waals surface area contributed by atoms with Crippen molar-refractivity contribution < 1.29 is 13.6 Å². The Labute approximate surface area is 160 Å². The Balaban J connectivity index is 1.58. The summed E-state index contributed by atoms with van der Waals surface area (Å²) in [5.74, 6) is -1.71. The summed E-state index contributed by atoms with van der Waals surface area (Å²) in [4.78, 5) is 14.9. The fourth-order valence-electron chi connectivity index (χ4n) is 4.82. The summed E-state index contributed by atoms with van der Waals surface area (Å²) in [5, 5.41) is 17.3. The molecular formula is C21H16F2N4O. The molecule has 2 atom stereocenters. The second kappa shape index (κ2) is 5.68. The summed E-state index contributed by atoms with van der Waals surface area (Å²) in [7, 11) is 0. The molecule has 1 amide bonds. The standard InChI is InChI=1S/C21H16F2N4O/c1-11-13-5-6-21(11,20(28)27-9-12(8-24)10-27)19-14(13)7-17(25-26-19)18-15(22)3-2-4-16(18)23/h2-4,7,12-13H,1,5-6,9-10H2/t13-,21-/m0/s1. The average Bonchev–Trinajstić information content (AvgIpc) is 3.10. The molecule has 28 heavy (non-hydrogen) atoms. The lowest BCUT2D eigenvalue weighted by molar-refractivity contribution is -0.141. The van der Waals surface area contributed by atoms with E-state index in [1.165, 1.54) is 18.2 Å². The molecule has 5 nitrogen and oxygen atoms in total. The summed E-state index contributed by atoms with van der Waals surface area (Å²) >= 11 is 0. The van der Waals surface area contributed by atoms with Gasteiger partial charge in [-0.1, -0.05) is 12.6 Å². The van der Waals surface area contributed by atoms with Crippen LogP contribution in [0.15, 0.2) is 36.4 Å². The molecule has 2 bridgehead atoms. The van der Waals surface area contributed by atoms with Crippen LogP contribution in [0.2, 0.25) is 0 Å². The lowest BCUT2D eigenvalue weighted by Crippen LogP contribution is -2.56. The Morgan fingerprint density at radius 3 is 2.68 bits per heavy atom. The molecule has 1 saturated carbocycles. The molecule has 2 heterocycles. The van der Waals surface area contributed by atoms with Gasteiger partial charge in [-0.3, -0.25) is 4.79 Å². The molecule has 1 saturated heterocycles. The molecule has 1 aromatic carbocycles. The van der Waals surface area contributed by atoms with Gasteiger partial charge in [0.1, 0.15) is 17.0 Å². The Bertz CT molecular complexity index is 1070. The normalized spacial score (nSPS) is 25.4. The Morgan fingerprint density at radius 2 is 2.00 bits per heavy atom. The van der Waals surface area contributed by atoms with Crippen molar-refractivity contribution in [3.63, 3.8) is 0 Å². The predicted octanol–water partition coefficient (Wildman–Crippen LogP) is 3.09. The van der Waals surface area contributed by atoms with Crippen molar-refractivity contribution in [2.24, 2.45) is 5.92 Å². The van der Waals surface area contributed by atoms with Crippen LogP contribution < -0.4 is 0 Å². The van der Waals surface area contributed by atoms with Crippen LogP contribution in [0.5, 0.6) is 0 Å². The first-order chi connectivity index (χ1) is 13.5. The molecule has 7 heteroatoms. The highest BCUT2D eigenvalue weighted by Gasteiger charge is 2.60. The number of likely N-dealkylation sites (tertiary alicyclic amines) is 1. The number of carbonyl (C=O) groups is 1. The van der Waals surface area contributed by atoms with E-state index in [1.807, 2.05) is 0 Å². The summed E-state index contributed by atoms with van der Waals surface area (Å²) in [6.07, 6.45) is 1.33. The first-order valence-electron chi connectivity index (χ1n) is 9.18. The van der Waals surface area contributed by atoms with Gasteiger partial charge in [0.25, 0.3) is 0 Å². The third-order valence-corrected chi connectivity index (χ3v) is 6.32. The molecule has 3 aliphatic rings. The SMILES string of the molecule is C=C1[C@@H]2CC[C@@]1(C(=O)N1CC(C#N)C1)c1nnc(-c3c(F)cccc3F)cc12. The third-order valence-electron chi connectivity index (χ3n) is 6.32. The van der Waals surface area contributed by atoms with Crippen molar-refractivity contribution in [3.05, 3.63) is 59.3 Å². The van der Waals surface area contributed by atoms with E-state index in [1.54, 1.807) is 11.0 Å². The van der Waals surface area contributed by atoms with E-state index < -0.39 is 17.0 Å². The lowest BCUT2D eigenvalue weighted by Gasteiger charge is -2.41. The number of hydrogen-bond acceptors (Lipinski definition) is 4. The number of hydrogen-bond donors (Lipinski definition) is 0. The van der Waals surface area contributed by atoms with Gasteiger partial charge in [0, 0.05) is 19.0 Å². The van der Waals surface area contributed by atoms with Gasteiger partial charge in [-0.05, 0) is 42.2 Å². The summed E-state index contributed by atoms with van der Waals surface area (Å²) in [6, 6.07) is 7.47. The van der Waals surface area contributed by atoms with Gasteiger partial charge < -0.3 is 4.90 Å². The van der Waals surface area contributed by atoms with E-state index in [-0.39, 0.29) is 29.0 Å². The van der Waals surface area contributed by atoms with Crippen molar-refractivity contribution in [3.8, 4) is 17.3 Å². The smallest absolute Gasteiger partial charge is 0.239 e. The molecule has 140 valence electrons. The Morgan fingerprint density at radius 1 is 1.29 bits per heavy atom. The maximum absolute atomic E-state index is 14.2. The second-order valence-electron chi connectivity index (χ2n) is 7.69. The number of carbonyl (C=O) groups excluding carboxylic acids is 1. The predicted molar refractivity (Wildman–Crippen MR) is 95.9 cm³/mol. The quantitative estimate of drug-likeness (QED) is 0.753. The number of amides is 1. The molecular weight excluding hydrogens is 362 g/mol. The summed E-state index contributed by atoms with van der Waals surface area (Å²) in [6.45, 7) is 5.00. The highest BCUT2D eigenvalue weighted by molar-refractivity contribution is 5.95. The molecule has 5 rings (SSSR count). The van der Waals surface area contributed by atoms with E-state index in [9.17, 15) is 13.6 Å². The maximum atomic E-state index is 14.2. The Kier molecular flexibility index (Phi) is 3.45. The summed E-state index contributed by atoms with van der Waals surface area (Å²) in [5.41, 5.74) is 1.05. The molecule has 2 aromatic rings. The molecule has 1 aromatic heterocycles. The first kappa shape index (κ1) is 17.0. The number of nitrogens with zero attached hydrogens (tertiary/aromatic N) is 4. The lowest BCUT2D eigenvalue weighted by atomic mass is 9.78. The zero-order chi connectivity index (χ0) is 19.6. The molecule has 0 unspecified atom stereocenters. The monoisotopic (exact) mass is 378 g/mol. The number of nitriles is 1. The van der Waals surface area contributed by atoms with Crippen LogP contribution in [-0.4, -0.2) is 34.1 Å². The van der Waals surface area contributed by atoms with Gasteiger partial charge in [-0.2, -0.15) is 10.4 Å². The zero-order valence-electron chi connectivity index (χ0n) is 15.0. The van der Waals surface area contributed by atoms with E-state index in [4.69, 9.17) is 5.26 Å². The number of aromatic nitrogens is 2. The number of halogens is 2. The van der Waals surface area contributed by atoms with Gasteiger partial charge in [0.05, 0.1) is 28.9 Å². The second-order valence-corrected chi connectivity index (χ2v) is 7.69. The van der Waals surface area contributed by atoms with E-state index in [2.05, 4.69) is 22.8 Å². The van der Waals surface area contributed by atoms with E-state index in [0.29, 0.717) is 25.2 Å². The van der Waals surface area contributed by atoms with Gasteiger partial charge in [-0.15, -0.1) is 5.10 Å². The fraction of sp³-hybridized carbons (Fsp3) is 0.333. The van der Waals surface area contributed by atoms with Crippen LogP contribution in [0.4, 0.5) is 8.78 Å². The van der Waals surface area contributed by atoms with Crippen LogP contribution in [0.3, 0.4) is 0 Å². The molecule has 0 N–H and O–H groups in total. The number of fused-ring (bicyclic) bond motifs is 5. The topological polar surface area (TPSA) is 69.9 Å². The largest absolute Gasteiger partial charge is 0.339 e. The Hall–Kier alpha value is -3.14. The number of benzene rings is 1. The van der Waals surface area contributed by atoms with Crippen molar-refractivity contribution in [2.75, 3.05) is 13.1 Å². The van der Waals surface area contributed by atoms with E-state index in [0.717, 1.165) is 17.6 Å². The van der Waals surface area contributed by atoms with Crippen LogP contribution >= 0.6 is 0 Å². The molecule has 1 aliphatic heterocycles. The zero-order valence-corrected chi connectivity index (χ0v) is 15.0. The third kappa shape index (κ3) is 2.00. The highest BCUT2D eigenvalue weighted by atomic mass is 19.1. The van der Waals surface area contributed by atoms with Crippen LogP contribution in [-0.2, 0) is 10.2 Å². The van der Waals surface area contributed by atoms with Gasteiger partial charge in [0.15, 0.2) is 0 Å². The molecule has 2 aliphatic carbocycles. The minimum Gasteiger partial charge on any atom is -0.339 e.